The maximum absolute atomic E-state index is 11.9. The van der Waals surface area contributed by atoms with Crippen molar-refractivity contribution in [2.24, 2.45) is 16.7 Å². The molecule has 1 aliphatic heterocycles. The molecule has 1 saturated heterocycles. The van der Waals surface area contributed by atoms with Crippen molar-refractivity contribution in [1.82, 2.24) is 0 Å². The van der Waals surface area contributed by atoms with Crippen molar-refractivity contribution in [2.45, 2.75) is 38.2 Å². The van der Waals surface area contributed by atoms with Gasteiger partial charge in [0.15, 0.2) is 0 Å². The van der Waals surface area contributed by atoms with E-state index in [1.54, 1.807) is 0 Å². The Kier molecular flexibility index (Phi) is 0.942. The van der Waals surface area contributed by atoms with E-state index < -0.39 is 0 Å². The number of hydrogen-bond donors (Lipinski definition) is 0. The van der Waals surface area contributed by atoms with Crippen LogP contribution in [0.15, 0.2) is 0 Å². The molecule has 3 heteroatoms. The van der Waals surface area contributed by atoms with Crippen LogP contribution in [0.25, 0.3) is 0 Å². The maximum atomic E-state index is 11.9. The molecule has 4 aliphatic carbocycles. The van der Waals surface area contributed by atoms with Crippen molar-refractivity contribution in [3.8, 4) is 0 Å². The Bertz CT molecular complexity index is 359. The Hall–Kier alpha value is -0.860. The molecule has 4 saturated carbocycles. The highest BCUT2D eigenvalue weighted by atomic mass is 16.6. The van der Waals surface area contributed by atoms with Crippen LogP contribution in [-0.2, 0) is 14.3 Å². The van der Waals surface area contributed by atoms with Crippen molar-refractivity contribution in [3.05, 3.63) is 0 Å². The third-order valence-corrected chi connectivity index (χ3v) is 5.15. The van der Waals surface area contributed by atoms with Gasteiger partial charge in [-0.1, -0.05) is 12.8 Å². The van der Waals surface area contributed by atoms with Gasteiger partial charge in [-0.25, -0.2) is 0 Å². The van der Waals surface area contributed by atoms with E-state index in [1.807, 2.05) is 0 Å². The first kappa shape index (κ1) is 7.43. The molecule has 0 aromatic rings. The largest absolute Gasteiger partial charge is 0.461 e. The van der Waals surface area contributed by atoms with Crippen LogP contribution in [0.2, 0.25) is 0 Å². The first-order chi connectivity index (χ1) is 6.73. The maximum Gasteiger partial charge on any atom is 0.314 e. The molecule has 1 heterocycles. The van der Waals surface area contributed by atoms with Crippen molar-refractivity contribution in [3.63, 3.8) is 0 Å². The summed E-state index contributed by atoms with van der Waals surface area (Å²) in [5, 5.41) is 0. The molecule has 0 unspecified atom stereocenters. The second kappa shape index (κ2) is 1.77. The lowest BCUT2D eigenvalue weighted by Crippen LogP contribution is -2.63. The van der Waals surface area contributed by atoms with Crippen molar-refractivity contribution in [2.75, 3.05) is 0 Å². The molecule has 4 atom stereocenters. The van der Waals surface area contributed by atoms with Crippen LogP contribution < -0.4 is 0 Å². The highest BCUT2D eigenvalue weighted by Gasteiger charge is 2.88. The number of ketones is 1. The topological polar surface area (TPSA) is 43.4 Å². The average molecular weight is 192 g/mol. The van der Waals surface area contributed by atoms with Gasteiger partial charge in [0.2, 0.25) is 0 Å². The van der Waals surface area contributed by atoms with Gasteiger partial charge in [0.05, 0.1) is 10.8 Å². The minimum absolute atomic E-state index is 0.0362. The summed E-state index contributed by atoms with van der Waals surface area (Å²) in [5.74, 6) is 0.320. The lowest BCUT2D eigenvalue weighted by Gasteiger charge is -2.53. The van der Waals surface area contributed by atoms with E-state index in [0.717, 1.165) is 32.1 Å². The van der Waals surface area contributed by atoms with Gasteiger partial charge in [0, 0.05) is 5.92 Å². The van der Waals surface area contributed by atoms with E-state index in [2.05, 4.69) is 0 Å². The molecule has 0 radical (unpaired) electrons. The van der Waals surface area contributed by atoms with Crippen molar-refractivity contribution < 1.29 is 14.3 Å². The summed E-state index contributed by atoms with van der Waals surface area (Å²) in [5.41, 5.74) is -0.681. The summed E-state index contributed by atoms with van der Waals surface area (Å²) < 4.78 is 5.35. The fraction of sp³-hybridized carbons (Fsp3) is 0.818. The molecular formula is C11H12O3. The van der Waals surface area contributed by atoms with E-state index in [-0.39, 0.29) is 28.8 Å². The van der Waals surface area contributed by atoms with Gasteiger partial charge in [-0.2, -0.15) is 0 Å². The number of ether oxygens (including phenoxy) is 1. The molecule has 0 N–H and O–H groups in total. The van der Waals surface area contributed by atoms with Crippen molar-refractivity contribution >= 4 is 11.8 Å². The van der Waals surface area contributed by atoms with Gasteiger partial charge in [0.25, 0.3) is 0 Å². The first-order valence-electron chi connectivity index (χ1n) is 5.49. The summed E-state index contributed by atoms with van der Waals surface area (Å²) >= 11 is 0. The zero-order valence-corrected chi connectivity index (χ0v) is 7.91. The number of rotatable bonds is 0. The lowest BCUT2D eigenvalue weighted by molar-refractivity contribution is -0.177. The van der Waals surface area contributed by atoms with E-state index in [4.69, 9.17) is 4.74 Å². The minimum Gasteiger partial charge on any atom is -0.461 e. The van der Waals surface area contributed by atoms with E-state index >= 15 is 0 Å². The third-order valence-electron chi connectivity index (χ3n) is 5.15. The van der Waals surface area contributed by atoms with Gasteiger partial charge in [-0.05, 0) is 19.3 Å². The highest BCUT2D eigenvalue weighted by molar-refractivity contribution is 6.10. The third kappa shape index (κ3) is 0.406. The fourth-order valence-electron chi connectivity index (χ4n) is 4.68. The second-order valence-electron chi connectivity index (χ2n) is 5.20. The SMILES string of the molecule is O=C1[C@@H]2C[C@@H]3OC(=O)[C@]24CCCC[C@@]134. The fourth-order valence-corrected chi connectivity index (χ4v) is 4.68. The molecule has 3 nitrogen and oxygen atoms in total. The van der Waals surface area contributed by atoms with Crippen LogP contribution in [0.3, 0.4) is 0 Å². The monoisotopic (exact) mass is 192 g/mol. The zero-order chi connectivity index (χ0) is 9.55. The molecule has 1 spiro atoms. The Morgan fingerprint density at radius 1 is 1.14 bits per heavy atom. The van der Waals surface area contributed by atoms with E-state index in [0.29, 0.717) is 5.78 Å². The normalized spacial score (nSPS) is 58.0. The second-order valence-corrected chi connectivity index (χ2v) is 5.20. The standard InChI is InChI=1S/C11H12O3/c12-8-6-5-7-11(8)4-2-1-3-10(6,11)9(13)14-7/h6-7H,1-5H2/t6-,7-,10-,11-/m0/s1. The van der Waals surface area contributed by atoms with Gasteiger partial charge < -0.3 is 4.74 Å². The predicted octanol–water partition coefficient (Wildman–Crippen LogP) is 1.06. The molecule has 0 aromatic carbocycles. The Morgan fingerprint density at radius 3 is 2.57 bits per heavy atom. The molecule has 4 bridgehead atoms. The number of esters is 1. The lowest BCUT2D eigenvalue weighted by atomic mass is 9.43. The van der Waals surface area contributed by atoms with Gasteiger partial charge in [-0.15, -0.1) is 0 Å². The molecular weight excluding hydrogens is 180 g/mol. The summed E-state index contributed by atoms with van der Waals surface area (Å²) in [7, 11) is 0. The van der Waals surface area contributed by atoms with Crippen LogP contribution in [0, 0.1) is 16.7 Å². The Labute approximate surface area is 81.8 Å². The summed E-state index contributed by atoms with van der Waals surface area (Å²) in [6, 6.07) is 0. The summed E-state index contributed by atoms with van der Waals surface area (Å²) in [4.78, 5) is 23.7. The Balaban J connectivity index is 1.98. The van der Waals surface area contributed by atoms with Crippen LogP contribution >= 0.6 is 0 Å². The molecule has 14 heavy (non-hydrogen) atoms. The number of Topliss-reactive ketones (excluding diaryl/α,β-unsaturated/α-hetero) is 1. The Morgan fingerprint density at radius 2 is 1.86 bits per heavy atom. The van der Waals surface area contributed by atoms with Gasteiger partial charge in [0.1, 0.15) is 11.9 Å². The van der Waals surface area contributed by atoms with Crippen LogP contribution in [0.1, 0.15) is 32.1 Å². The van der Waals surface area contributed by atoms with Gasteiger partial charge >= 0.3 is 5.97 Å². The van der Waals surface area contributed by atoms with Crippen LogP contribution in [-0.4, -0.2) is 17.9 Å². The average Bonchev–Trinajstić information content (AvgIpc) is 2.72. The molecule has 5 aliphatic rings. The summed E-state index contributed by atoms with van der Waals surface area (Å²) in [6.07, 6.45) is 4.76. The van der Waals surface area contributed by atoms with Crippen LogP contribution in [0.4, 0.5) is 0 Å². The highest BCUT2D eigenvalue weighted by Crippen LogP contribution is 2.78. The zero-order valence-electron chi connectivity index (χ0n) is 7.91. The predicted molar refractivity (Wildman–Crippen MR) is 46.3 cm³/mol. The van der Waals surface area contributed by atoms with Crippen molar-refractivity contribution in [1.29, 1.82) is 0 Å². The number of hydrogen-bond acceptors (Lipinski definition) is 3. The van der Waals surface area contributed by atoms with E-state index in [1.165, 1.54) is 0 Å². The van der Waals surface area contributed by atoms with Gasteiger partial charge in [-0.3, -0.25) is 9.59 Å². The smallest absolute Gasteiger partial charge is 0.314 e. The molecule has 0 amide bonds. The van der Waals surface area contributed by atoms with E-state index in [9.17, 15) is 9.59 Å². The summed E-state index contributed by atoms with van der Waals surface area (Å²) in [6.45, 7) is 0. The molecule has 0 aromatic heterocycles. The van der Waals surface area contributed by atoms with Crippen LogP contribution in [0.5, 0.6) is 0 Å². The quantitative estimate of drug-likeness (QED) is 0.539. The number of carbonyl (C=O) groups excluding carboxylic acids is 2. The molecule has 5 fully saturated rings. The molecule has 74 valence electrons. The first-order valence-corrected chi connectivity index (χ1v) is 5.49. The number of carbonyl (C=O) groups is 2. The minimum atomic E-state index is -0.340. The molecule has 5 rings (SSSR count).